The molecule has 0 bridgehead atoms. The van der Waals surface area contributed by atoms with E-state index in [0.29, 0.717) is 11.5 Å². The molecule has 0 fully saturated rings. The fraction of sp³-hybridized carbons (Fsp3) is 0.333. The van der Waals surface area contributed by atoms with Crippen LogP contribution in [0.1, 0.15) is 25.8 Å². The Balaban J connectivity index is 2.32. The van der Waals surface area contributed by atoms with E-state index in [0.717, 1.165) is 6.07 Å². The van der Waals surface area contributed by atoms with Gasteiger partial charge < -0.3 is 15.4 Å². The molecule has 1 unspecified atom stereocenters. The maximum Gasteiger partial charge on any atom is 0.244 e. The van der Waals surface area contributed by atoms with Gasteiger partial charge in [0.25, 0.3) is 0 Å². The summed E-state index contributed by atoms with van der Waals surface area (Å²) in [5, 5.41) is 12.8. The smallest absolute Gasteiger partial charge is 0.244 e. The van der Waals surface area contributed by atoms with Gasteiger partial charge in [-0.2, -0.15) is 4.98 Å². The molecule has 2 aromatic rings. The van der Waals surface area contributed by atoms with Crippen LogP contribution in [-0.2, 0) is 0 Å². The van der Waals surface area contributed by atoms with Crippen molar-refractivity contribution in [2.75, 3.05) is 0 Å². The fourth-order valence-electron chi connectivity index (χ4n) is 1.42. The van der Waals surface area contributed by atoms with Crippen LogP contribution in [0.15, 0.2) is 22.7 Å². The Hall–Kier alpha value is -1.95. The number of halogens is 1. The number of benzene rings is 1. The number of aromatic nitrogens is 2. The number of phenols is 1. The Labute approximate surface area is 103 Å². The van der Waals surface area contributed by atoms with Crippen molar-refractivity contribution in [1.82, 2.24) is 10.1 Å². The van der Waals surface area contributed by atoms with Gasteiger partial charge in [0, 0.05) is 5.56 Å². The van der Waals surface area contributed by atoms with Gasteiger partial charge in [-0.1, -0.05) is 19.0 Å². The number of phenolic OH excluding ortho intramolecular Hbond substituents is 1. The summed E-state index contributed by atoms with van der Waals surface area (Å²) in [6.45, 7) is 3.88. The van der Waals surface area contributed by atoms with Gasteiger partial charge in [0.2, 0.25) is 11.7 Å². The van der Waals surface area contributed by atoms with Gasteiger partial charge in [0.15, 0.2) is 11.6 Å². The largest absolute Gasteiger partial charge is 0.505 e. The number of hydrogen-bond acceptors (Lipinski definition) is 5. The van der Waals surface area contributed by atoms with E-state index in [9.17, 15) is 4.39 Å². The molecule has 1 aromatic heterocycles. The second-order valence-electron chi connectivity index (χ2n) is 4.39. The minimum atomic E-state index is -0.730. The number of nitrogens with zero attached hydrogens (tertiary/aromatic N) is 2. The maximum atomic E-state index is 13.2. The molecule has 6 heteroatoms. The van der Waals surface area contributed by atoms with Crippen molar-refractivity contribution in [3.63, 3.8) is 0 Å². The SMILES string of the molecule is CC(C)C(N)c1nc(-c2ccc(O)c(F)c2)no1. The van der Waals surface area contributed by atoms with Crippen molar-refractivity contribution in [1.29, 1.82) is 0 Å². The lowest BCUT2D eigenvalue weighted by molar-refractivity contribution is 0.325. The van der Waals surface area contributed by atoms with E-state index in [1.54, 1.807) is 0 Å². The lowest BCUT2D eigenvalue weighted by Crippen LogP contribution is -2.16. The topological polar surface area (TPSA) is 85.2 Å². The lowest BCUT2D eigenvalue weighted by Gasteiger charge is -2.09. The van der Waals surface area contributed by atoms with Crippen LogP contribution in [0, 0.1) is 11.7 Å². The van der Waals surface area contributed by atoms with Gasteiger partial charge in [-0.25, -0.2) is 4.39 Å². The third-order valence-electron chi connectivity index (χ3n) is 2.65. The van der Waals surface area contributed by atoms with Gasteiger partial charge in [-0.05, 0) is 24.1 Å². The summed E-state index contributed by atoms with van der Waals surface area (Å²) in [6.07, 6.45) is 0. The molecule has 1 atom stereocenters. The average Bonchev–Trinajstić information content (AvgIpc) is 2.81. The fourth-order valence-corrected chi connectivity index (χ4v) is 1.42. The highest BCUT2D eigenvalue weighted by molar-refractivity contribution is 5.55. The monoisotopic (exact) mass is 251 g/mol. The number of nitrogens with two attached hydrogens (primary N) is 1. The third kappa shape index (κ3) is 2.33. The molecular weight excluding hydrogens is 237 g/mol. The summed E-state index contributed by atoms with van der Waals surface area (Å²) in [5.74, 6) is -0.420. The standard InChI is InChI=1S/C12H14FN3O2/c1-6(2)10(14)12-15-11(16-18-12)7-3-4-9(17)8(13)5-7/h3-6,10,17H,14H2,1-2H3. The van der Waals surface area contributed by atoms with Gasteiger partial charge in [-0.15, -0.1) is 0 Å². The third-order valence-corrected chi connectivity index (χ3v) is 2.65. The number of aromatic hydroxyl groups is 1. The number of hydrogen-bond donors (Lipinski definition) is 2. The summed E-state index contributed by atoms with van der Waals surface area (Å²) < 4.78 is 18.2. The predicted molar refractivity (Wildman–Crippen MR) is 63.1 cm³/mol. The quantitative estimate of drug-likeness (QED) is 0.873. The van der Waals surface area contributed by atoms with Gasteiger partial charge in [0.1, 0.15) is 0 Å². The predicted octanol–water partition coefficient (Wildman–Crippen LogP) is 2.24. The van der Waals surface area contributed by atoms with Crippen molar-refractivity contribution < 1.29 is 14.0 Å². The zero-order valence-corrected chi connectivity index (χ0v) is 10.1. The van der Waals surface area contributed by atoms with E-state index < -0.39 is 11.6 Å². The molecule has 0 saturated carbocycles. The molecule has 0 aliphatic rings. The van der Waals surface area contributed by atoms with E-state index in [1.807, 2.05) is 13.8 Å². The van der Waals surface area contributed by atoms with Crippen molar-refractivity contribution in [3.8, 4) is 17.1 Å². The van der Waals surface area contributed by atoms with Gasteiger partial charge in [-0.3, -0.25) is 0 Å². The second-order valence-corrected chi connectivity index (χ2v) is 4.39. The van der Waals surface area contributed by atoms with Crippen molar-refractivity contribution >= 4 is 0 Å². The highest BCUT2D eigenvalue weighted by atomic mass is 19.1. The molecule has 96 valence electrons. The molecule has 5 nitrogen and oxygen atoms in total. The molecule has 0 spiro atoms. The highest BCUT2D eigenvalue weighted by Crippen LogP contribution is 2.24. The molecule has 2 rings (SSSR count). The Morgan fingerprint density at radius 1 is 1.39 bits per heavy atom. The minimum Gasteiger partial charge on any atom is -0.505 e. The Kier molecular flexibility index (Phi) is 3.29. The molecule has 18 heavy (non-hydrogen) atoms. The van der Waals surface area contributed by atoms with E-state index >= 15 is 0 Å². The van der Waals surface area contributed by atoms with Crippen LogP contribution in [0.5, 0.6) is 5.75 Å². The van der Waals surface area contributed by atoms with Crippen molar-refractivity contribution in [2.45, 2.75) is 19.9 Å². The summed E-state index contributed by atoms with van der Waals surface area (Å²) in [7, 11) is 0. The maximum absolute atomic E-state index is 13.2. The second kappa shape index (κ2) is 4.73. The molecule has 0 aliphatic heterocycles. The molecule has 0 radical (unpaired) electrons. The van der Waals surface area contributed by atoms with Crippen LogP contribution in [-0.4, -0.2) is 15.2 Å². The molecule has 0 amide bonds. The first-order chi connectivity index (χ1) is 8.49. The summed E-state index contributed by atoms with van der Waals surface area (Å²) in [6, 6.07) is 3.54. The lowest BCUT2D eigenvalue weighted by atomic mass is 10.1. The first-order valence-electron chi connectivity index (χ1n) is 5.57. The number of rotatable bonds is 3. The molecule has 3 N–H and O–H groups in total. The normalized spacial score (nSPS) is 12.9. The molecular formula is C12H14FN3O2. The highest BCUT2D eigenvalue weighted by Gasteiger charge is 2.19. The van der Waals surface area contributed by atoms with Crippen LogP contribution >= 0.6 is 0 Å². The molecule has 1 heterocycles. The Morgan fingerprint density at radius 2 is 2.11 bits per heavy atom. The average molecular weight is 251 g/mol. The van der Waals surface area contributed by atoms with Crippen LogP contribution in [0.3, 0.4) is 0 Å². The van der Waals surface area contributed by atoms with Crippen LogP contribution in [0.4, 0.5) is 4.39 Å². The van der Waals surface area contributed by atoms with Crippen LogP contribution in [0.2, 0.25) is 0 Å². The van der Waals surface area contributed by atoms with Crippen molar-refractivity contribution in [2.24, 2.45) is 11.7 Å². The minimum absolute atomic E-state index is 0.162. The van der Waals surface area contributed by atoms with Gasteiger partial charge >= 0.3 is 0 Å². The summed E-state index contributed by atoms with van der Waals surface area (Å²) in [5.41, 5.74) is 6.30. The van der Waals surface area contributed by atoms with E-state index in [-0.39, 0.29) is 17.8 Å². The first kappa shape index (κ1) is 12.5. The zero-order chi connectivity index (χ0) is 13.3. The van der Waals surface area contributed by atoms with Crippen LogP contribution < -0.4 is 5.73 Å². The summed E-state index contributed by atoms with van der Waals surface area (Å²) >= 11 is 0. The zero-order valence-electron chi connectivity index (χ0n) is 10.1. The van der Waals surface area contributed by atoms with E-state index in [4.69, 9.17) is 15.4 Å². The van der Waals surface area contributed by atoms with E-state index in [1.165, 1.54) is 12.1 Å². The molecule has 0 saturated heterocycles. The van der Waals surface area contributed by atoms with E-state index in [2.05, 4.69) is 10.1 Å². The molecule has 0 aliphatic carbocycles. The Morgan fingerprint density at radius 3 is 2.72 bits per heavy atom. The van der Waals surface area contributed by atoms with Crippen LogP contribution in [0.25, 0.3) is 11.4 Å². The molecule has 1 aromatic carbocycles. The first-order valence-corrected chi connectivity index (χ1v) is 5.57. The summed E-state index contributed by atoms with van der Waals surface area (Å²) in [4.78, 5) is 4.12. The Bertz CT molecular complexity index is 554. The van der Waals surface area contributed by atoms with Crippen molar-refractivity contribution in [3.05, 3.63) is 29.9 Å². The van der Waals surface area contributed by atoms with Gasteiger partial charge in [0.05, 0.1) is 6.04 Å².